The third-order valence-electron chi connectivity index (χ3n) is 1.31. The Labute approximate surface area is 75.4 Å². The number of nitriles is 1. The van der Waals surface area contributed by atoms with Crippen molar-refractivity contribution in [3.8, 4) is 12.0 Å². The summed E-state index contributed by atoms with van der Waals surface area (Å²) < 4.78 is 26.2. The van der Waals surface area contributed by atoms with Crippen LogP contribution in [0.5, 0.6) is 5.75 Å². The number of nitrogens with two attached hydrogens (primary N) is 1. The summed E-state index contributed by atoms with van der Waals surface area (Å²) in [6.45, 7) is 0. The summed E-state index contributed by atoms with van der Waals surface area (Å²) in [4.78, 5) is -0.198. The van der Waals surface area contributed by atoms with Gasteiger partial charge in [-0.15, -0.1) is 5.26 Å². The minimum absolute atomic E-state index is 0.0625. The summed E-state index contributed by atoms with van der Waals surface area (Å²) in [6, 6.07) is 5.65. The maximum absolute atomic E-state index is 10.9. The van der Waals surface area contributed by atoms with Crippen LogP contribution in [0.25, 0.3) is 0 Å². The second kappa shape index (κ2) is 3.43. The number of rotatable bonds is 2. The lowest BCUT2D eigenvalue weighted by molar-refractivity contribution is 0.490. The molecule has 1 aromatic carbocycles. The van der Waals surface area contributed by atoms with Crippen molar-refractivity contribution in [2.24, 2.45) is 5.14 Å². The lowest BCUT2D eigenvalue weighted by atomic mass is 10.3. The third kappa shape index (κ3) is 2.18. The number of nitrogens with zero attached hydrogens (tertiary/aromatic N) is 1. The van der Waals surface area contributed by atoms with E-state index in [1.807, 2.05) is 0 Å². The van der Waals surface area contributed by atoms with Gasteiger partial charge in [0, 0.05) is 0 Å². The molecule has 0 spiro atoms. The molecule has 5 nitrogen and oxygen atoms in total. The van der Waals surface area contributed by atoms with Crippen LogP contribution in [0.15, 0.2) is 29.2 Å². The minimum Gasteiger partial charge on any atom is -0.387 e. The average Bonchev–Trinajstić information content (AvgIpc) is 2.04. The van der Waals surface area contributed by atoms with Gasteiger partial charge in [-0.2, -0.15) is 0 Å². The summed E-state index contributed by atoms with van der Waals surface area (Å²) >= 11 is 0. The van der Waals surface area contributed by atoms with Crippen LogP contribution < -0.4 is 9.88 Å². The number of hydrogen-bond donors (Lipinski definition) is 1. The molecule has 0 saturated heterocycles. The van der Waals surface area contributed by atoms with Gasteiger partial charge in [-0.25, -0.2) is 13.6 Å². The lowest BCUT2D eigenvalue weighted by Gasteiger charge is -2.01. The van der Waals surface area contributed by atoms with E-state index in [0.717, 1.165) is 0 Å². The molecule has 0 bridgehead atoms. The molecule has 2 N–H and O–H groups in total. The first-order chi connectivity index (χ1) is 6.05. The molecule has 13 heavy (non-hydrogen) atoms. The van der Waals surface area contributed by atoms with Gasteiger partial charge in [-0.1, -0.05) is 12.1 Å². The van der Waals surface area contributed by atoms with Crippen molar-refractivity contribution in [2.45, 2.75) is 4.90 Å². The number of benzene rings is 1. The van der Waals surface area contributed by atoms with Gasteiger partial charge in [0.1, 0.15) is 4.90 Å². The van der Waals surface area contributed by atoms with Crippen LogP contribution in [0.2, 0.25) is 0 Å². The van der Waals surface area contributed by atoms with E-state index in [1.165, 1.54) is 24.5 Å². The Bertz CT molecular complexity index is 447. The van der Waals surface area contributed by atoms with Gasteiger partial charge in [-0.05, 0) is 12.1 Å². The largest absolute Gasteiger partial charge is 0.387 e. The van der Waals surface area contributed by atoms with Gasteiger partial charge in [0.15, 0.2) is 5.75 Å². The van der Waals surface area contributed by atoms with Crippen molar-refractivity contribution in [1.29, 1.82) is 5.26 Å². The number of sulfonamides is 1. The third-order valence-corrected chi connectivity index (χ3v) is 2.26. The van der Waals surface area contributed by atoms with Crippen LogP contribution in [0.3, 0.4) is 0 Å². The molecule has 0 fully saturated rings. The normalized spacial score (nSPS) is 10.5. The predicted molar refractivity (Wildman–Crippen MR) is 44.1 cm³/mol. The molecule has 0 saturated carbocycles. The number of primary sulfonamides is 1. The van der Waals surface area contributed by atoms with Crippen molar-refractivity contribution in [2.75, 3.05) is 0 Å². The van der Waals surface area contributed by atoms with Gasteiger partial charge in [0.2, 0.25) is 10.0 Å². The van der Waals surface area contributed by atoms with Crippen molar-refractivity contribution in [3.05, 3.63) is 24.3 Å². The molecular weight excluding hydrogens is 192 g/mol. The van der Waals surface area contributed by atoms with Crippen LogP contribution in [-0.2, 0) is 10.0 Å². The first-order valence-electron chi connectivity index (χ1n) is 3.23. The zero-order chi connectivity index (χ0) is 9.90. The van der Waals surface area contributed by atoms with E-state index in [1.54, 1.807) is 6.07 Å². The van der Waals surface area contributed by atoms with Gasteiger partial charge < -0.3 is 4.74 Å². The first-order valence-corrected chi connectivity index (χ1v) is 4.78. The Kier molecular flexibility index (Phi) is 2.51. The lowest BCUT2D eigenvalue weighted by Crippen LogP contribution is -2.13. The Balaban J connectivity index is 3.30. The topological polar surface area (TPSA) is 93.2 Å². The Hall–Kier alpha value is -1.58. The second-order valence-electron chi connectivity index (χ2n) is 2.19. The maximum atomic E-state index is 10.9. The molecule has 1 rings (SSSR count). The van der Waals surface area contributed by atoms with Crippen molar-refractivity contribution in [1.82, 2.24) is 0 Å². The highest BCUT2D eigenvalue weighted by atomic mass is 32.2. The van der Waals surface area contributed by atoms with E-state index >= 15 is 0 Å². The monoisotopic (exact) mass is 198 g/mol. The molecule has 0 amide bonds. The summed E-state index contributed by atoms with van der Waals surface area (Å²) in [5.74, 6) is -0.0625. The zero-order valence-electron chi connectivity index (χ0n) is 6.47. The van der Waals surface area contributed by atoms with Gasteiger partial charge in [0.25, 0.3) is 6.26 Å². The molecule has 6 heteroatoms. The summed E-state index contributed by atoms with van der Waals surface area (Å²) in [7, 11) is -3.83. The van der Waals surface area contributed by atoms with Crippen LogP contribution >= 0.6 is 0 Å². The van der Waals surface area contributed by atoms with E-state index < -0.39 is 10.0 Å². The van der Waals surface area contributed by atoms with Crippen molar-refractivity contribution in [3.63, 3.8) is 0 Å². The van der Waals surface area contributed by atoms with Crippen molar-refractivity contribution >= 4 is 10.0 Å². The van der Waals surface area contributed by atoms with E-state index in [2.05, 4.69) is 4.74 Å². The fourth-order valence-electron chi connectivity index (χ4n) is 0.819. The van der Waals surface area contributed by atoms with Crippen LogP contribution in [0, 0.1) is 11.5 Å². The molecule has 0 radical (unpaired) electrons. The molecule has 0 aliphatic heterocycles. The van der Waals surface area contributed by atoms with Crippen LogP contribution in [-0.4, -0.2) is 8.42 Å². The summed E-state index contributed by atoms with van der Waals surface area (Å²) in [5.41, 5.74) is 0. The average molecular weight is 198 g/mol. The van der Waals surface area contributed by atoms with E-state index in [9.17, 15) is 8.42 Å². The Morgan fingerprint density at radius 1 is 1.38 bits per heavy atom. The number of hydrogen-bond acceptors (Lipinski definition) is 4. The highest BCUT2D eigenvalue weighted by Gasteiger charge is 2.13. The highest BCUT2D eigenvalue weighted by Crippen LogP contribution is 2.21. The Morgan fingerprint density at radius 3 is 2.54 bits per heavy atom. The predicted octanol–water partition coefficient (Wildman–Crippen LogP) is 0.194. The quantitative estimate of drug-likeness (QED) is 0.686. The zero-order valence-corrected chi connectivity index (χ0v) is 7.28. The number of ether oxygens (including phenoxy) is 1. The molecule has 0 aliphatic carbocycles. The van der Waals surface area contributed by atoms with E-state index in [-0.39, 0.29) is 10.6 Å². The van der Waals surface area contributed by atoms with E-state index in [4.69, 9.17) is 10.4 Å². The summed E-state index contributed by atoms with van der Waals surface area (Å²) in [6.07, 6.45) is 1.38. The summed E-state index contributed by atoms with van der Waals surface area (Å²) in [5, 5.41) is 13.1. The minimum atomic E-state index is -3.83. The first kappa shape index (κ1) is 9.51. The SMILES string of the molecule is N#COc1ccccc1S(N)(=O)=O. The van der Waals surface area contributed by atoms with Crippen LogP contribution in [0.1, 0.15) is 0 Å². The molecule has 0 heterocycles. The van der Waals surface area contributed by atoms with E-state index in [0.29, 0.717) is 0 Å². The molecular formula is C7H6N2O3S. The second-order valence-corrected chi connectivity index (χ2v) is 3.71. The highest BCUT2D eigenvalue weighted by molar-refractivity contribution is 7.89. The molecule has 68 valence electrons. The maximum Gasteiger partial charge on any atom is 0.292 e. The molecule has 0 unspecified atom stereocenters. The van der Waals surface area contributed by atoms with Gasteiger partial charge in [-0.3, -0.25) is 0 Å². The molecule has 0 aliphatic rings. The standard InChI is InChI=1S/C7H6N2O3S/c8-5-12-6-3-1-2-4-7(6)13(9,10)11/h1-4H,(H2,9,10,11). The van der Waals surface area contributed by atoms with Crippen molar-refractivity contribution < 1.29 is 13.2 Å². The fraction of sp³-hybridized carbons (Fsp3) is 0. The Morgan fingerprint density at radius 2 is 2.00 bits per heavy atom. The van der Waals surface area contributed by atoms with Gasteiger partial charge >= 0.3 is 0 Å². The smallest absolute Gasteiger partial charge is 0.292 e. The van der Waals surface area contributed by atoms with Crippen LogP contribution in [0.4, 0.5) is 0 Å². The number of para-hydroxylation sites is 1. The molecule has 1 aromatic rings. The fourth-order valence-corrected chi connectivity index (χ4v) is 1.48. The van der Waals surface area contributed by atoms with Gasteiger partial charge in [0.05, 0.1) is 0 Å². The molecule has 0 aromatic heterocycles. The molecule has 0 atom stereocenters.